The van der Waals surface area contributed by atoms with Crippen molar-refractivity contribution in [3.63, 3.8) is 0 Å². The van der Waals surface area contributed by atoms with Crippen LogP contribution < -0.4 is 4.90 Å². The number of hydrogen-bond acceptors (Lipinski definition) is 4. The van der Waals surface area contributed by atoms with Crippen LogP contribution in [0.25, 0.3) is 44.6 Å². The highest BCUT2D eigenvalue weighted by atomic mass is 16.2. The zero-order chi connectivity index (χ0) is 22.0. The lowest BCUT2D eigenvalue weighted by atomic mass is 9.86. The minimum Gasteiger partial charge on any atom is -0.337 e. The number of amides is 1. The Morgan fingerprint density at radius 2 is 1.94 bits per heavy atom. The lowest BCUT2D eigenvalue weighted by molar-refractivity contribution is -0.122. The summed E-state index contributed by atoms with van der Waals surface area (Å²) in [6, 6.07) is 14.2. The fourth-order valence-corrected chi connectivity index (χ4v) is 4.67. The maximum absolute atomic E-state index is 12.8. The number of carbonyl (C=O) groups is 1. The van der Waals surface area contributed by atoms with Crippen molar-refractivity contribution >= 4 is 33.5 Å². The number of hydrogen-bond donors (Lipinski definition) is 2. The molecule has 7 heteroatoms. The van der Waals surface area contributed by atoms with Gasteiger partial charge in [-0.25, -0.2) is 4.98 Å². The van der Waals surface area contributed by atoms with Crippen molar-refractivity contribution in [2.75, 3.05) is 11.4 Å². The van der Waals surface area contributed by atoms with Gasteiger partial charge in [0, 0.05) is 29.9 Å². The first kappa shape index (κ1) is 18.7. The van der Waals surface area contributed by atoms with Gasteiger partial charge in [0.25, 0.3) is 0 Å². The first-order chi connectivity index (χ1) is 15.5. The Kier molecular flexibility index (Phi) is 3.81. The molecular formula is C25H22N6O. The number of fused-ring (bicyclic) bond motifs is 3. The Morgan fingerprint density at radius 1 is 1.06 bits per heavy atom. The Labute approximate surface area is 184 Å². The Hall–Kier alpha value is -4.00. The molecule has 2 aromatic carbocycles. The molecule has 0 saturated heterocycles. The number of aromatic amines is 2. The molecule has 1 amide bonds. The molecule has 3 aromatic heterocycles. The summed E-state index contributed by atoms with van der Waals surface area (Å²) in [4.78, 5) is 27.2. The van der Waals surface area contributed by atoms with Crippen LogP contribution in [0, 0.1) is 0 Å². The predicted octanol–water partition coefficient (Wildman–Crippen LogP) is 4.81. The molecular weight excluding hydrogens is 400 g/mol. The summed E-state index contributed by atoms with van der Waals surface area (Å²) >= 11 is 0. The standard InChI is InChI=1S/C25H22N6O/c1-4-31-21-12-20-19(11-17(21)25(2,3)24(31)32)27-23(28-20)22-16-10-14(7-8-18(16)29-30-22)15-6-5-9-26-13-15/h5-13H,4H2,1-3H3,(H,27,28)(H,29,30). The van der Waals surface area contributed by atoms with Crippen LogP contribution in [0.15, 0.2) is 54.9 Å². The average molecular weight is 422 g/mol. The highest BCUT2D eigenvalue weighted by molar-refractivity contribution is 6.09. The summed E-state index contributed by atoms with van der Waals surface area (Å²) < 4.78 is 0. The number of aromatic nitrogens is 5. The first-order valence-electron chi connectivity index (χ1n) is 10.7. The van der Waals surface area contributed by atoms with Crippen LogP contribution in [0.5, 0.6) is 0 Å². The molecule has 0 fully saturated rings. The molecule has 6 rings (SSSR count). The van der Waals surface area contributed by atoms with Crippen LogP contribution in [-0.4, -0.2) is 37.6 Å². The van der Waals surface area contributed by atoms with E-state index in [1.54, 1.807) is 6.20 Å². The van der Waals surface area contributed by atoms with Gasteiger partial charge in [0.1, 0.15) is 5.69 Å². The molecule has 0 saturated carbocycles. The summed E-state index contributed by atoms with van der Waals surface area (Å²) in [7, 11) is 0. The molecule has 0 atom stereocenters. The van der Waals surface area contributed by atoms with Gasteiger partial charge in [-0.1, -0.05) is 12.1 Å². The third-order valence-electron chi connectivity index (χ3n) is 6.44. The lowest BCUT2D eigenvalue weighted by Crippen LogP contribution is -2.35. The zero-order valence-electron chi connectivity index (χ0n) is 18.1. The maximum Gasteiger partial charge on any atom is 0.237 e. The van der Waals surface area contributed by atoms with Crippen molar-refractivity contribution in [1.82, 2.24) is 25.1 Å². The van der Waals surface area contributed by atoms with Gasteiger partial charge < -0.3 is 9.88 Å². The van der Waals surface area contributed by atoms with E-state index in [2.05, 4.69) is 32.3 Å². The van der Waals surface area contributed by atoms with Gasteiger partial charge in [-0.2, -0.15) is 5.10 Å². The van der Waals surface area contributed by atoms with Gasteiger partial charge in [-0.3, -0.25) is 14.9 Å². The highest BCUT2D eigenvalue weighted by Gasteiger charge is 2.43. The number of nitrogens with zero attached hydrogens (tertiary/aromatic N) is 4. The van der Waals surface area contributed by atoms with Crippen molar-refractivity contribution < 1.29 is 4.79 Å². The van der Waals surface area contributed by atoms with Gasteiger partial charge in [0.15, 0.2) is 5.82 Å². The fourth-order valence-electron chi connectivity index (χ4n) is 4.67. The van der Waals surface area contributed by atoms with E-state index in [0.717, 1.165) is 50.0 Å². The third-order valence-corrected chi connectivity index (χ3v) is 6.44. The van der Waals surface area contributed by atoms with E-state index in [1.807, 2.05) is 62.2 Å². The van der Waals surface area contributed by atoms with E-state index in [1.165, 1.54) is 0 Å². The summed E-state index contributed by atoms with van der Waals surface area (Å²) in [6.45, 7) is 6.60. The van der Waals surface area contributed by atoms with Crippen LogP contribution >= 0.6 is 0 Å². The number of carbonyl (C=O) groups excluding carboxylic acids is 1. The van der Waals surface area contributed by atoms with Crippen molar-refractivity contribution in [2.24, 2.45) is 0 Å². The van der Waals surface area contributed by atoms with E-state index >= 15 is 0 Å². The molecule has 0 unspecified atom stereocenters. The lowest BCUT2D eigenvalue weighted by Gasteiger charge is -2.18. The normalized spacial score (nSPS) is 15.1. The average Bonchev–Trinajstić information content (AvgIpc) is 3.46. The van der Waals surface area contributed by atoms with Crippen molar-refractivity contribution in [1.29, 1.82) is 0 Å². The summed E-state index contributed by atoms with van der Waals surface area (Å²) in [5, 5.41) is 8.65. The Bertz CT molecular complexity index is 1510. The smallest absolute Gasteiger partial charge is 0.237 e. The number of rotatable bonds is 3. The SMILES string of the molecule is CCN1C(=O)C(C)(C)c2cc3nc(-c4n[nH]c5ccc(-c6cccnc6)cc45)[nH]c3cc21. The van der Waals surface area contributed by atoms with Crippen LogP contribution in [0.3, 0.4) is 0 Å². The van der Waals surface area contributed by atoms with E-state index < -0.39 is 5.41 Å². The number of anilines is 1. The summed E-state index contributed by atoms with van der Waals surface area (Å²) in [6.07, 6.45) is 3.62. The van der Waals surface area contributed by atoms with Crippen LogP contribution in [-0.2, 0) is 10.2 Å². The number of H-pyrrole nitrogens is 2. The van der Waals surface area contributed by atoms with Gasteiger partial charge in [0.2, 0.25) is 5.91 Å². The number of nitrogens with one attached hydrogen (secondary N) is 2. The van der Waals surface area contributed by atoms with E-state index in [4.69, 9.17) is 4.98 Å². The first-order valence-corrected chi connectivity index (χ1v) is 10.7. The van der Waals surface area contributed by atoms with Gasteiger partial charge in [0.05, 0.1) is 27.7 Å². The second kappa shape index (κ2) is 6.50. The second-order valence-electron chi connectivity index (χ2n) is 8.72. The molecule has 0 radical (unpaired) electrons. The molecule has 0 spiro atoms. The molecule has 7 nitrogen and oxygen atoms in total. The van der Waals surface area contributed by atoms with Crippen LogP contribution in [0.1, 0.15) is 26.3 Å². The summed E-state index contributed by atoms with van der Waals surface area (Å²) in [5.74, 6) is 0.828. The molecule has 2 N–H and O–H groups in total. The van der Waals surface area contributed by atoms with Crippen molar-refractivity contribution in [3.05, 3.63) is 60.4 Å². The minimum atomic E-state index is -0.559. The zero-order valence-corrected chi connectivity index (χ0v) is 18.1. The van der Waals surface area contributed by atoms with Crippen LogP contribution in [0.4, 0.5) is 5.69 Å². The Balaban J connectivity index is 1.50. The molecule has 4 heterocycles. The third kappa shape index (κ3) is 2.54. The van der Waals surface area contributed by atoms with E-state index in [0.29, 0.717) is 12.4 Å². The van der Waals surface area contributed by atoms with Crippen molar-refractivity contribution in [2.45, 2.75) is 26.2 Å². The number of likely N-dealkylation sites (N-methyl/N-ethyl adjacent to an activating group) is 1. The number of benzene rings is 2. The molecule has 1 aliphatic heterocycles. The van der Waals surface area contributed by atoms with Gasteiger partial charge in [-0.15, -0.1) is 0 Å². The molecule has 0 aliphatic carbocycles. The number of imidazole rings is 1. The maximum atomic E-state index is 12.8. The minimum absolute atomic E-state index is 0.129. The van der Waals surface area contributed by atoms with Crippen LogP contribution in [0.2, 0.25) is 0 Å². The molecule has 5 aromatic rings. The van der Waals surface area contributed by atoms with Crippen molar-refractivity contribution in [3.8, 4) is 22.6 Å². The molecule has 158 valence electrons. The summed E-state index contributed by atoms with van der Waals surface area (Å²) in [5.41, 5.74) is 6.97. The van der Waals surface area contributed by atoms with E-state index in [-0.39, 0.29) is 5.91 Å². The predicted molar refractivity (Wildman–Crippen MR) is 125 cm³/mol. The molecule has 0 bridgehead atoms. The van der Waals surface area contributed by atoms with Gasteiger partial charge >= 0.3 is 0 Å². The highest BCUT2D eigenvalue weighted by Crippen LogP contribution is 2.43. The fraction of sp³-hybridized carbons (Fsp3) is 0.200. The topological polar surface area (TPSA) is 90.6 Å². The molecule has 1 aliphatic rings. The largest absolute Gasteiger partial charge is 0.337 e. The van der Waals surface area contributed by atoms with Gasteiger partial charge in [-0.05, 0) is 62.2 Å². The van der Waals surface area contributed by atoms with E-state index in [9.17, 15) is 4.79 Å². The monoisotopic (exact) mass is 422 g/mol. The second-order valence-corrected chi connectivity index (χ2v) is 8.72. The molecule has 32 heavy (non-hydrogen) atoms. The quantitative estimate of drug-likeness (QED) is 0.436. The Morgan fingerprint density at radius 3 is 2.72 bits per heavy atom. The number of pyridine rings is 1.